The monoisotopic (exact) mass is 403 g/mol. The van der Waals surface area contributed by atoms with Crippen LogP contribution in [0, 0.1) is 5.82 Å². The van der Waals surface area contributed by atoms with Crippen LogP contribution in [-0.4, -0.2) is 44.5 Å². The van der Waals surface area contributed by atoms with E-state index in [2.05, 4.69) is 35.3 Å². The molecule has 1 aromatic carbocycles. The number of hydrogen-bond acceptors (Lipinski definition) is 8. The van der Waals surface area contributed by atoms with Crippen molar-refractivity contribution in [3.63, 3.8) is 0 Å². The molecule has 0 spiro atoms. The highest BCUT2D eigenvalue weighted by Gasteiger charge is 2.22. The SMILES string of the molecule is Cn1ncnc1COc1nn2c(-c3cnccn3)nncc2c1-c1ccccc1F. The van der Waals surface area contributed by atoms with E-state index in [0.717, 1.165) is 0 Å². The first-order chi connectivity index (χ1) is 14.7. The molecule has 0 bridgehead atoms. The molecular formula is C19H14FN9O. The van der Waals surface area contributed by atoms with Gasteiger partial charge in [0.2, 0.25) is 11.7 Å². The summed E-state index contributed by atoms with van der Waals surface area (Å²) in [4.78, 5) is 12.5. The van der Waals surface area contributed by atoms with Crippen molar-refractivity contribution in [1.82, 2.24) is 44.5 Å². The van der Waals surface area contributed by atoms with E-state index in [1.807, 2.05) is 0 Å². The number of fused-ring (bicyclic) bond motifs is 1. The molecule has 11 heteroatoms. The van der Waals surface area contributed by atoms with Crippen LogP contribution in [0.25, 0.3) is 28.2 Å². The predicted octanol–water partition coefficient (Wildman–Crippen LogP) is 2.09. The molecule has 0 radical (unpaired) electrons. The van der Waals surface area contributed by atoms with Crippen LogP contribution in [0.3, 0.4) is 0 Å². The lowest BCUT2D eigenvalue weighted by Gasteiger charge is -2.06. The van der Waals surface area contributed by atoms with E-state index in [-0.39, 0.29) is 12.5 Å². The standard InChI is InChI=1S/C19H14FN9O/c1-28-16(23-11-25-28)10-30-19-17(12-4-2-3-5-13(12)20)15-9-24-26-18(29(15)27-19)14-8-21-6-7-22-14/h2-9,11H,10H2,1H3. The van der Waals surface area contributed by atoms with Gasteiger partial charge in [0, 0.05) is 25.0 Å². The molecule has 0 atom stereocenters. The normalized spacial score (nSPS) is 11.1. The summed E-state index contributed by atoms with van der Waals surface area (Å²) in [5, 5.41) is 16.8. The van der Waals surface area contributed by atoms with Gasteiger partial charge >= 0.3 is 0 Å². The molecule has 0 saturated carbocycles. The number of rotatable bonds is 5. The van der Waals surface area contributed by atoms with Crippen LogP contribution in [0.5, 0.6) is 5.88 Å². The Morgan fingerprint density at radius 3 is 2.77 bits per heavy atom. The van der Waals surface area contributed by atoms with Crippen molar-refractivity contribution in [2.24, 2.45) is 7.05 Å². The molecule has 0 aliphatic carbocycles. The van der Waals surface area contributed by atoms with Gasteiger partial charge in [0.1, 0.15) is 30.0 Å². The Morgan fingerprint density at radius 1 is 1.10 bits per heavy atom. The van der Waals surface area contributed by atoms with Crippen LogP contribution < -0.4 is 4.74 Å². The maximum absolute atomic E-state index is 14.7. The minimum atomic E-state index is -0.409. The second kappa shape index (κ2) is 7.28. The van der Waals surface area contributed by atoms with Gasteiger partial charge in [-0.25, -0.2) is 18.9 Å². The fourth-order valence-electron chi connectivity index (χ4n) is 3.05. The summed E-state index contributed by atoms with van der Waals surface area (Å²) < 4.78 is 23.7. The number of halogens is 1. The van der Waals surface area contributed by atoms with Crippen LogP contribution in [-0.2, 0) is 13.7 Å². The van der Waals surface area contributed by atoms with Gasteiger partial charge in [-0.1, -0.05) is 18.2 Å². The molecule has 0 aliphatic rings. The van der Waals surface area contributed by atoms with Crippen molar-refractivity contribution in [3.8, 4) is 28.5 Å². The third kappa shape index (κ3) is 3.02. The van der Waals surface area contributed by atoms with Crippen molar-refractivity contribution < 1.29 is 9.13 Å². The summed E-state index contributed by atoms with van der Waals surface area (Å²) >= 11 is 0. The van der Waals surface area contributed by atoms with Gasteiger partial charge in [-0.15, -0.1) is 10.2 Å². The summed E-state index contributed by atoms with van der Waals surface area (Å²) in [6, 6.07) is 6.40. The largest absolute Gasteiger partial charge is 0.468 e. The number of aryl methyl sites for hydroxylation is 1. The van der Waals surface area contributed by atoms with Crippen molar-refractivity contribution in [2.75, 3.05) is 0 Å². The average molecular weight is 403 g/mol. The van der Waals surface area contributed by atoms with Crippen LogP contribution in [0.1, 0.15) is 5.82 Å². The first-order valence-electron chi connectivity index (χ1n) is 8.94. The first-order valence-corrected chi connectivity index (χ1v) is 8.94. The lowest BCUT2D eigenvalue weighted by molar-refractivity contribution is 0.278. The Labute approximate surface area is 169 Å². The van der Waals surface area contributed by atoms with E-state index < -0.39 is 5.82 Å². The topological polar surface area (TPSA) is 109 Å². The first kappa shape index (κ1) is 17.8. The molecule has 4 aromatic heterocycles. The summed E-state index contributed by atoms with van der Waals surface area (Å²) in [6.07, 6.45) is 7.58. The molecular weight excluding hydrogens is 389 g/mol. The van der Waals surface area contributed by atoms with Gasteiger partial charge in [0.05, 0.1) is 18.0 Å². The molecule has 5 rings (SSSR count). The van der Waals surface area contributed by atoms with Crippen molar-refractivity contribution in [1.29, 1.82) is 0 Å². The molecule has 4 heterocycles. The molecule has 148 valence electrons. The third-order valence-electron chi connectivity index (χ3n) is 4.50. The molecule has 0 amide bonds. The van der Waals surface area contributed by atoms with Crippen molar-refractivity contribution in [2.45, 2.75) is 6.61 Å². The van der Waals surface area contributed by atoms with Gasteiger partial charge in [0.15, 0.2) is 5.82 Å². The van der Waals surface area contributed by atoms with E-state index in [1.165, 1.54) is 23.1 Å². The quantitative estimate of drug-likeness (QED) is 0.439. The maximum Gasteiger partial charge on any atom is 0.242 e. The van der Waals surface area contributed by atoms with E-state index in [0.29, 0.717) is 34.0 Å². The number of benzene rings is 1. The number of ether oxygens (including phenoxy) is 1. The summed E-state index contributed by atoms with van der Waals surface area (Å²) in [6.45, 7) is 0.100. The van der Waals surface area contributed by atoms with Gasteiger partial charge in [-0.05, 0) is 6.07 Å². The van der Waals surface area contributed by atoms with Crippen LogP contribution in [0.2, 0.25) is 0 Å². The number of hydrogen-bond donors (Lipinski definition) is 0. The van der Waals surface area contributed by atoms with Crippen molar-refractivity contribution in [3.05, 3.63) is 67.0 Å². The zero-order valence-corrected chi connectivity index (χ0v) is 15.7. The minimum Gasteiger partial charge on any atom is -0.468 e. The Hall–Kier alpha value is -4.28. The van der Waals surface area contributed by atoms with Crippen LogP contribution in [0.15, 0.2) is 55.4 Å². The summed E-state index contributed by atoms with van der Waals surface area (Å²) in [5.74, 6) is 0.750. The van der Waals surface area contributed by atoms with Crippen LogP contribution >= 0.6 is 0 Å². The smallest absolute Gasteiger partial charge is 0.242 e. The molecule has 0 aliphatic heterocycles. The van der Waals surface area contributed by atoms with Gasteiger partial charge in [0.25, 0.3) is 0 Å². The molecule has 0 saturated heterocycles. The molecule has 5 aromatic rings. The zero-order chi connectivity index (χ0) is 20.5. The third-order valence-corrected chi connectivity index (χ3v) is 4.50. The highest BCUT2D eigenvalue weighted by atomic mass is 19.1. The molecule has 0 fully saturated rings. The molecule has 10 nitrogen and oxygen atoms in total. The van der Waals surface area contributed by atoms with Crippen molar-refractivity contribution >= 4 is 5.52 Å². The van der Waals surface area contributed by atoms with Crippen LogP contribution in [0.4, 0.5) is 4.39 Å². The summed E-state index contributed by atoms with van der Waals surface area (Å²) in [5.41, 5.74) is 1.77. The Bertz CT molecular complexity index is 1330. The fraction of sp³-hybridized carbons (Fsp3) is 0.105. The molecule has 0 N–H and O–H groups in total. The van der Waals surface area contributed by atoms with E-state index in [1.54, 1.807) is 48.5 Å². The Morgan fingerprint density at radius 2 is 2.00 bits per heavy atom. The second-order valence-electron chi connectivity index (χ2n) is 6.30. The summed E-state index contributed by atoms with van der Waals surface area (Å²) in [7, 11) is 1.76. The number of nitrogens with zero attached hydrogens (tertiary/aromatic N) is 9. The van der Waals surface area contributed by atoms with Gasteiger partial charge in [-0.3, -0.25) is 9.67 Å². The average Bonchev–Trinajstić information content (AvgIpc) is 3.36. The predicted molar refractivity (Wildman–Crippen MR) is 103 cm³/mol. The number of aromatic nitrogens is 9. The highest BCUT2D eigenvalue weighted by Crippen LogP contribution is 2.36. The lowest BCUT2D eigenvalue weighted by atomic mass is 10.1. The van der Waals surface area contributed by atoms with E-state index >= 15 is 0 Å². The maximum atomic E-state index is 14.7. The van der Waals surface area contributed by atoms with E-state index in [9.17, 15) is 4.39 Å². The second-order valence-corrected chi connectivity index (χ2v) is 6.30. The zero-order valence-electron chi connectivity index (χ0n) is 15.7. The fourth-order valence-corrected chi connectivity index (χ4v) is 3.05. The Balaban J connectivity index is 1.70. The lowest BCUT2D eigenvalue weighted by Crippen LogP contribution is -2.05. The van der Waals surface area contributed by atoms with Gasteiger partial charge < -0.3 is 4.74 Å². The van der Waals surface area contributed by atoms with E-state index in [4.69, 9.17) is 4.74 Å². The van der Waals surface area contributed by atoms with Gasteiger partial charge in [-0.2, -0.15) is 10.2 Å². The molecule has 0 unspecified atom stereocenters. The highest BCUT2D eigenvalue weighted by molar-refractivity contribution is 5.85. The molecule has 30 heavy (non-hydrogen) atoms. The minimum absolute atomic E-state index is 0.100. The Kier molecular flexibility index (Phi) is 4.32.